The minimum atomic E-state index is 0.382. The monoisotopic (exact) mass is 178 g/mol. The van der Waals surface area contributed by atoms with E-state index in [0.717, 1.165) is 6.42 Å². The van der Waals surface area contributed by atoms with Crippen molar-refractivity contribution in [3.05, 3.63) is 29.8 Å². The molecule has 1 N–H and O–H groups in total. The third kappa shape index (κ3) is 3.97. The van der Waals surface area contributed by atoms with Crippen LogP contribution in [0.5, 0.6) is 5.75 Å². The van der Waals surface area contributed by atoms with Gasteiger partial charge in [-0.05, 0) is 30.5 Å². The number of aromatic hydroxyl groups is 1. The topological polar surface area (TPSA) is 20.2 Å². The van der Waals surface area contributed by atoms with Crippen LogP contribution in [-0.2, 0) is 6.42 Å². The van der Waals surface area contributed by atoms with E-state index < -0.39 is 0 Å². The number of benzene rings is 1. The highest BCUT2D eigenvalue weighted by molar-refractivity contribution is 5.27. The molecule has 13 heavy (non-hydrogen) atoms. The van der Waals surface area contributed by atoms with E-state index in [1.54, 1.807) is 6.07 Å². The molecule has 0 bridgehead atoms. The quantitative estimate of drug-likeness (QED) is 0.684. The lowest BCUT2D eigenvalue weighted by atomic mass is 10.1. The third-order valence-corrected chi connectivity index (χ3v) is 2.23. The Morgan fingerprint density at radius 2 is 2.00 bits per heavy atom. The van der Waals surface area contributed by atoms with Gasteiger partial charge in [-0.25, -0.2) is 0 Å². The van der Waals surface area contributed by atoms with Crippen molar-refractivity contribution in [2.24, 2.45) is 0 Å². The molecular formula is C12H18O. The second-order valence-corrected chi connectivity index (χ2v) is 3.48. The minimum absolute atomic E-state index is 0.382. The summed E-state index contributed by atoms with van der Waals surface area (Å²) in [4.78, 5) is 0. The van der Waals surface area contributed by atoms with Gasteiger partial charge in [0.15, 0.2) is 0 Å². The van der Waals surface area contributed by atoms with Crippen LogP contribution in [-0.4, -0.2) is 5.11 Å². The van der Waals surface area contributed by atoms with Crippen LogP contribution in [0.2, 0.25) is 0 Å². The molecule has 72 valence electrons. The molecule has 0 fully saturated rings. The molecule has 0 saturated carbocycles. The van der Waals surface area contributed by atoms with Gasteiger partial charge in [0.25, 0.3) is 0 Å². The maximum absolute atomic E-state index is 9.22. The summed E-state index contributed by atoms with van der Waals surface area (Å²) in [6, 6.07) is 7.55. The molecule has 0 saturated heterocycles. The van der Waals surface area contributed by atoms with Gasteiger partial charge in [-0.2, -0.15) is 0 Å². The van der Waals surface area contributed by atoms with Crippen LogP contribution < -0.4 is 0 Å². The van der Waals surface area contributed by atoms with Gasteiger partial charge in [-0.1, -0.05) is 38.3 Å². The molecular weight excluding hydrogens is 160 g/mol. The first-order valence-electron chi connectivity index (χ1n) is 5.11. The first-order valence-corrected chi connectivity index (χ1v) is 5.11. The van der Waals surface area contributed by atoms with Crippen molar-refractivity contribution < 1.29 is 5.11 Å². The van der Waals surface area contributed by atoms with Crippen LogP contribution >= 0.6 is 0 Å². The van der Waals surface area contributed by atoms with E-state index in [1.807, 2.05) is 12.1 Å². The molecule has 1 aromatic rings. The van der Waals surface area contributed by atoms with Crippen LogP contribution in [0, 0.1) is 0 Å². The number of unbranched alkanes of at least 4 members (excludes halogenated alkanes) is 3. The molecule has 1 rings (SSSR count). The predicted molar refractivity (Wildman–Crippen MR) is 56.0 cm³/mol. The summed E-state index contributed by atoms with van der Waals surface area (Å²) in [5.74, 6) is 0.382. The van der Waals surface area contributed by atoms with E-state index in [9.17, 15) is 5.11 Å². The number of phenolic OH excluding ortho intramolecular Hbond substituents is 1. The number of aryl methyl sites for hydroxylation is 1. The smallest absolute Gasteiger partial charge is 0.115 e. The van der Waals surface area contributed by atoms with Crippen LogP contribution in [0.4, 0.5) is 0 Å². The largest absolute Gasteiger partial charge is 0.508 e. The SMILES string of the molecule is CCCCCCc1cccc(O)c1. The van der Waals surface area contributed by atoms with Crippen molar-refractivity contribution >= 4 is 0 Å². The van der Waals surface area contributed by atoms with Crippen molar-refractivity contribution in [1.29, 1.82) is 0 Å². The molecule has 0 aliphatic heterocycles. The zero-order chi connectivity index (χ0) is 9.52. The second-order valence-electron chi connectivity index (χ2n) is 3.48. The Balaban J connectivity index is 2.28. The van der Waals surface area contributed by atoms with Crippen molar-refractivity contribution in [2.75, 3.05) is 0 Å². The molecule has 0 aliphatic carbocycles. The van der Waals surface area contributed by atoms with Crippen LogP contribution in [0.3, 0.4) is 0 Å². The zero-order valence-corrected chi connectivity index (χ0v) is 8.29. The highest BCUT2D eigenvalue weighted by Gasteiger charge is 1.94. The Kier molecular flexibility index (Phi) is 4.37. The van der Waals surface area contributed by atoms with E-state index in [2.05, 4.69) is 13.0 Å². The second kappa shape index (κ2) is 5.63. The van der Waals surface area contributed by atoms with E-state index in [0.29, 0.717) is 5.75 Å². The third-order valence-electron chi connectivity index (χ3n) is 2.23. The van der Waals surface area contributed by atoms with Crippen molar-refractivity contribution in [3.63, 3.8) is 0 Å². The molecule has 1 aromatic carbocycles. The average Bonchev–Trinajstić information content (AvgIpc) is 2.13. The Labute approximate surface area is 80.4 Å². The number of rotatable bonds is 5. The predicted octanol–water partition coefficient (Wildman–Crippen LogP) is 3.52. The molecule has 0 aromatic heterocycles. The number of hydrogen-bond donors (Lipinski definition) is 1. The fraction of sp³-hybridized carbons (Fsp3) is 0.500. The van der Waals surface area contributed by atoms with Crippen molar-refractivity contribution in [2.45, 2.75) is 39.0 Å². The summed E-state index contributed by atoms with van der Waals surface area (Å²) in [5, 5.41) is 9.22. The summed E-state index contributed by atoms with van der Waals surface area (Å²) < 4.78 is 0. The van der Waals surface area contributed by atoms with E-state index >= 15 is 0 Å². The Hall–Kier alpha value is -0.980. The average molecular weight is 178 g/mol. The minimum Gasteiger partial charge on any atom is -0.508 e. The highest BCUT2D eigenvalue weighted by atomic mass is 16.3. The molecule has 0 heterocycles. The summed E-state index contributed by atoms with van der Waals surface area (Å²) >= 11 is 0. The highest BCUT2D eigenvalue weighted by Crippen LogP contribution is 2.13. The summed E-state index contributed by atoms with van der Waals surface area (Å²) in [6.45, 7) is 2.22. The zero-order valence-electron chi connectivity index (χ0n) is 8.29. The lowest BCUT2D eigenvalue weighted by Gasteiger charge is -2.01. The normalized spacial score (nSPS) is 10.2. The molecule has 0 aliphatic rings. The van der Waals surface area contributed by atoms with Gasteiger partial charge in [-0.15, -0.1) is 0 Å². The standard InChI is InChI=1S/C12H18O/c1-2-3-4-5-7-11-8-6-9-12(13)10-11/h6,8-10,13H,2-5,7H2,1H3. The van der Waals surface area contributed by atoms with Crippen molar-refractivity contribution in [1.82, 2.24) is 0 Å². The van der Waals surface area contributed by atoms with E-state index in [1.165, 1.54) is 31.2 Å². The number of hydrogen-bond acceptors (Lipinski definition) is 1. The van der Waals surface area contributed by atoms with Gasteiger partial charge in [0, 0.05) is 0 Å². The van der Waals surface area contributed by atoms with Gasteiger partial charge < -0.3 is 5.11 Å². The Morgan fingerprint density at radius 1 is 1.15 bits per heavy atom. The lowest BCUT2D eigenvalue weighted by molar-refractivity contribution is 0.474. The molecule has 0 amide bonds. The van der Waals surface area contributed by atoms with Crippen LogP contribution in [0.1, 0.15) is 38.2 Å². The molecule has 0 radical (unpaired) electrons. The first kappa shape index (κ1) is 10.1. The molecule has 1 heteroatoms. The van der Waals surface area contributed by atoms with Gasteiger partial charge >= 0.3 is 0 Å². The van der Waals surface area contributed by atoms with Crippen LogP contribution in [0.15, 0.2) is 24.3 Å². The fourth-order valence-electron chi connectivity index (χ4n) is 1.47. The molecule has 0 unspecified atom stereocenters. The van der Waals surface area contributed by atoms with E-state index in [4.69, 9.17) is 0 Å². The lowest BCUT2D eigenvalue weighted by Crippen LogP contribution is -1.84. The van der Waals surface area contributed by atoms with Crippen LogP contribution in [0.25, 0.3) is 0 Å². The maximum atomic E-state index is 9.22. The first-order chi connectivity index (χ1) is 6.33. The van der Waals surface area contributed by atoms with Gasteiger partial charge in [0.1, 0.15) is 5.75 Å². The molecule has 1 nitrogen and oxygen atoms in total. The van der Waals surface area contributed by atoms with Gasteiger partial charge in [-0.3, -0.25) is 0 Å². The number of phenols is 1. The van der Waals surface area contributed by atoms with Gasteiger partial charge in [0.2, 0.25) is 0 Å². The maximum Gasteiger partial charge on any atom is 0.115 e. The molecule has 0 spiro atoms. The summed E-state index contributed by atoms with van der Waals surface area (Å²) in [7, 11) is 0. The summed E-state index contributed by atoms with van der Waals surface area (Å²) in [5.41, 5.74) is 1.25. The fourth-order valence-corrected chi connectivity index (χ4v) is 1.47. The van der Waals surface area contributed by atoms with Gasteiger partial charge in [0.05, 0.1) is 0 Å². The van der Waals surface area contributed by atoms with Crippen molar-refractivity contribution in [3.8, 4) is 5.75 Å². The Morgan fingerprint density at radius 3 is 2.69 bits per heavy atom. The summed E-state index contributed by atoms with van der Waals surface area (Å²) in [6.07, 6.45) is 6.22. The Bertz CT molecular complexity index is 243. The van der Waals surface area contributed by atoms with E-state index in [-0.39, 0.29) is 0 Å². The molecule has 0 atom stereocenters.